The van der Waals surface area contributed by atoms with Gasteiger partial charge < -0.3 is 22.0 Å². The van der Waals surface area contributed by atoms with E-state index >= 15 is 0 Å². The highest BCUT2D eigenvalue weighted by molar-refractivity contribution is 7.23. The standard InChI is InChI=1S/C32H43N5Si5/c1-7-41(8-2)34-38-33-39(4)35(3)40(5,6)36(29-21-13-9-14-22-29)42(31-25-17-11-18-26-31,32-27-19-12-20-28-32)37(41)30-23-15-10-16-24-30/h7-28,33-34,39H,1-2,38H2,3-6H3. The fourth-order valence-corrected chi connectivity index (χ4v) is 33.9. The fraction of sp³-hybridized carbons (Fsp3) is 0.125. The van der Waals surface area contributed by atoms with Gasteiger partial charge in [-0.25, -0.2) is 0 Å². The van der Waals surface area contributed by atoms with Crippen molar-refractivity contribution in [2.45, 2.75) is 19.6 Å². The second-order valence-corrected chi connectivity index (χ2v) is 28.7. The smallest absolute Gasteiger partial charge is 0.317 e. The minimum Gasteiger partial charge on any atom is -0.390 e. The molecule has 1 aliphatic rings. The Morgan fingerprint density at radius 3 is 1.50 bits per heavy atom. The Morgan fingerprint density at radius 2 is 1.07 bits per heavy atom. The molecule has 0 spiro atoms. The van der Waals surface area contributed by atoms with Crippen LogP contribution in [0.25, 0.3) is 0 Å². The first kappa shape index (κ1) is 30.4. The molecule has 0 radical (unpaired) electrons. The molecule has 2 N–H and O–H groups in total. The second-order valence-electron chi connectivity index (χ2n) is 11.3. The minimum absolute atomic E-state index is 0.841. The van der Waals surface area contributed by atoms with Gasteiger partial charge in [-0.15, -0.1) is 13.2 Å². The van der Waals surface area contributed by atoms with Gasteiger partial charge in [-0.3, -0.25) is 0 Å². The highest BCUT2D eigenvalue weighted by Crippen LogP contribution is 2.37. The first-order chi connectivity index (χ1) is 20.3. The van der Waals surface area contributed by atoms with Gasteiger partial charge in [-0.2, -0.15) is 0 Å². The van der Waals surface area contributed by atoms with Crippen LogP contribution in [0.3, 0.4) is 0 Å². The fourth-order valence-electron chi connectivity index (χ4n) is 6.44. The highest BCUT2D eigenvalue weighted by atomic mass is 28.5. The maximum Gasteiger partial charge on any atom is 0.317 e. The summed E-state index contributed by atoms with van der Waals surface area (Å²) in [7, 11) is -8.23. The number of para-hydroxylation sites is 2. The van der Waals surface area contributed by atoms with Crippen LogP contribution in [0.1, 0.15) is 0 Å². The number of nitrogens with zero attached hydrogens (tertiary/aromatic N) is 3. The Bertz CT molecular complexity index is 1430. The predicted molar refractivity (Wildman–Crippen MR) is 195 cm³/mol. The van der Waals surface area contributed by atoms with E-state index in [1.54, 1.807) is 0 Å². The molecule has 4 aromatic carbocycles. The topological polar surface area (TPSA) is 33.8 Å². The summed E-state index contributed by atoms with van der Waals surface area (Å²) in [6.07, 6.45) is 0. The largest absolute Gasteiger partial charge is 0.390 e. The van der Waals surface area contributed by atoms with Crippen molar-refractivity contribution in [3.8, 4) is 0 Å². The summed E-state index contributed by atoms with van der Waals surface area (Å²) >= 11 is 0. The van der Waals surface area contributed by atoms with Crippen LogP contribution in [0, 0.1) is 0 Å². The highest BCUT2D eigenvalue weighted by Gasteiger charge is 2.61. The van der Waals surface area contributed by atoms with Crippen molar-refractivity contribution in [3.63, 3.8) is 0 Å². The summed E-state index contributed by atoms with van der Waals surface area (Å²) in [6.45, 7) is 16.6. The van der Waals surface area contributed by atoms with Crippen molar-refractivity contribution in [1.82, 2.24) is 13.5 Å². The first-order valence-corrected chi connectivity index (χ1v) is 25.2. The maximum absolute atomic E-state index is 4.55. The molecule has 0 aliphatic carbocycles. The SMILES string of the molecule is C=C[Si]1(C=C)N[SiH2]N[SiH](C)N(C)[Si](C)(C)N(c2ccccc2)[Si](c2ccccc2)(c2ccccc2)N1c1ccccc1. The average Bonchev–Trinajstić information content (AvgIpc) is 3.04. The third kappa shape index (κ3) is 5.18. The van der Waals surface area contributed by atoms with Crippen LogP contribution in [0.2, 0.25) is 19.6 Å². The Hall–Kier alpha value is -3.08. The van der Waals surface area contributed by atoms with Crippen LogP contribution in [-0.2, 0) is 0 Å². The van der Waals surface area contributed by atoms with Crippen molar-refractivity contribution < 1.29 is 0 Å². The Kier molecular flexibility index (Phi) is 9.15. The van der Waals surface area contributed by atoms with E-state index in [2.05, 4.69) is 195 Å². The number of anilines is 2. The van der Waals surface area contributed by atoms with Gasteiger partial charge in [0.2, 0.25) is 8.40 Å². The summed E-state index contributed by atoms with van der Waals surface area (Å²) in [5.41, 5.74) is 6.88. The third-order valence-corrected chi connectivity index (χ3v) is 33.3. The van der Waals surface area contributed by atoms with Crippen molar-refractivity contribution in [2.75, 3.05) is 15.5 Å². The molecule has 1 aliphatic heterocycles. The van der Waals surface area contributed by atoms with Gasteiger partial charge in [0.1, 0.15) is 0 Å². The van der Waals surface area contributed by atoms with Crippen LogP contribution in [0.4, 0.5) is 11.4 Å². The number of nitrogens with one attached hydrogen (secondary N) is 2. The zero-order valence-corrected chi connectivity index (χ0v) is 30.8. The molecule has 0 bridgehead atoms. The minimum atomic E-state index is -3.14. The maximum atomic E-state index is 4.55. The van der Waals surface area contributed by atoms with Gasteiger partial charge >= 0.3 is 8.40 Å². The molecule has 10 heteroatoms. The molecule has 1 fully saturated rings. The molecule has 216 valence electrons. The van der Waals surface area contributed by atoms with E-state index in [1.807, 2.05) is 0 Å². The molecular weight excluding hydrogens is 595 g/mol. The van der Waals surface area contributed by atoms with Crippen LogP contribution >= 0.6 is 0 Å². The number of hydrogen-bond donors (Lipinski definition) is 2. The molecule has 1 heterocycles. The monoisotopic (exact) mass is 637 g/mol. The molecule has 4 aromatic rings. The van der Waals surface area contributed by atoms with Crippen molar-refractivity contribution in [1.29, 1.82) is 0 Å². The molecule has 0 amide bonds. The Balaban J connectivity index is 2.07. The van der Waals surface area contributed by atoms with Gasteiger partial charge in [0.05, 0.1) is 0 Å². The summed E-state index contributed by atoms with van der Waals surface area (Å²) in [4.78, 5) is 0. The molecule has 0 aromatic heterocycles. The average molecular weight is 638 g/mol. The molecule has 1 unspecified atom stereocenters. The molecular formula is C32H43N5Si5. The molecule has 5 rings (SSSR count). The summed E-state index contributed by atoms with van der Waals surface area (Å²) < 4.78 is 16.7. The molecule has 1 atom stereocenters. The lowest BCUT2D eigenvalue weighted by Gasteiger charge is -2.62. The third-order valence-electron chi connectivity index (χ3n) is 8.78. The van der Waals surface area contributed by atoms with Crippen molar-refractivity contribution in [2.24, 2.45) is 0 Å². The lowest BCUT2D eigenvalue weighted by atomic mass is 10.3. The second kappa shape index (κ2) is 12.7. The van der Waals surface area contributed by atoms with Crippen LogP contribution in [0.5, 0.6) is 0 Å². The Labute approximate surface area is 259 Å². The zero-order valence-electron chi connectivity index (χ0n) is 25.2. The van der Waals surface area contributed by atoms with Crippen molar-refractivity contribution >= 4 is 65.9 Å². The van der Waals surface area contributed by atoms with E-state index in [-0.39, 0.29) is 0 Å². The number of benzene rings is 4. The van der Waals surface area contributed by atoms with Crippen LogP contribution < -0.4 is 28.1 Å². The first-order valence-electron chi connectivity index (χ1n) is 14.6. The quantitative estimate of drug-likeness (QED) is 0.315. The van der Waals surface area contributed by atoms with Gasteiger partial charge in [-0.05, 0) is 61.3 Å². The summed E-state index contributed by atoms with van der Waals surface area (Å²) in [5.74, 6) is 0. The molecule has 42 heavy (non-hydrogen) atoms. The number of rotatable bonds is 6. The van der Waals surface area contributed by atoms with Gasteiger partial charge in [-0.1, -0.05) is 108 Å². The lowest BCUT2D eigenvalue weighted by molar-refractivity contribution is 0.756. The lowest BCUT2D eigenvalue weighted by Crippen LogP contribution is -2.93. The Morgan fingerprint density at radius 1 is 0.667 bits per heavy atom. The van der Waals surface area contributed by atoms with E-state index in [0.717, 1.165) is 0 Å². The normalized spacial score (nSPS) is 21.0. The zero-order chi connectivity index (χ0) is 29.8. The summed E-state index contributed by atoms with van der Waals surface area (Å²) in [5, 5.41) is 2.70. The van der Waals surface area contributed by atoms with Crippen LogP contribution in [0.15, 0.2) is 146 Å². The van der Waals surface area contributed by atoms with E-state index in [4.69, 9.17) is 0 Å². The van der Waals surface area contributed by atoms with Crippen molar-refractivity contribution in [3.05, 3.63) is 146 Å². The summed E-state index contributed by atoms with van der Waals surface area (Å²) in [6, 6.07) is 44.7. The predicted octanol–water partition coefficient (Wildman–Crippen LogP) is 3.82. The van der Waals surface area contributed by atoms with E-state index in [1.165, 1.54) is 21.7 Å². The van der Waals surface area contributed by atoms with Gasteiger partial charge in [0.15, 0.2) is 19.0 Å². The van der Waals surface area contributed by atoms with Gasteiger partial charge in [0, 0.05) is 11.4 Å². The molecule has 1 saturated heterocycles. The van der Waals surface area contributed by atoms with E-state index in [9.17, 15) is 0 Å². The van der Waals surface area contributed by atoms with Gasteiger partial charge in [0.25, 0.3) is 8.40 Å². The number of hydrogen-bond acceptors (Lipinski definition) is 5. The van der Waals surface area contributed by atoms with E-state index in [0.29, 0.717) is 0 Å². The van der Waals surface area contributed by atoms with Crippen LogP contribution in [-0.4, -0.2) is 55.4 Å². The molecule has 5 nitrogen and oxygen atoms in total. The molecule has 0 saturated carbocycles. The van der Waals surface area contributed by atoms with E-state index < -0.39 is 44.2 Å².